The van der Waals surface area contributed by atoms with E-state index in [1.165, 1.54) is 18.8 Å². The minimum absolute atomic E-state index is 0.00775. The predicted octanol–water partition coefficient (Wildman–Crippen LogP) is 6.38. The van der Waals surface area contributed by atoms with E-state index in [2.05, 4.69) is 59.0 Å². The van der Waals surface area contributed by atoms with Gasteiger partial charge in [0.15, 0.2) is 8.32 Å². The van der Waals surface area contributed by atoms with Crippen LogP contribution in [-0.2, 0) is 30.0 Å². The van der Waals surface area contributed by atoms with Crippen molar-refractivity contribution in [1.29, 1.82) is 0 Å². The monoisotopic (exact) mass is 516 g/mol. The summed E-state index contributed by atoms with van der Waals surface area (Å²) in [5.74, 6) is 0.411. The minimum atomic E-state index is -2.14. The van der Waals surface area contributed by atoms with Crippen molar-refractivity contribution in [2.45, 2.75) is 83.6 Å². The second-order valence-electron chi connectivity index (χ2n) is 10.7. The highest BCUT2D eigenvalue weighted by atomic mass is 28.4. The third-order valence-electron chi connectivity index (χ3n) is 6.83. The van der Waals surface area contributed by atoms with Crippen molar-refractivity contribution in [3.05, 3.63) is 65.8 Å². The van der Waals surface area contributed by atoms with Crippen molar-refractivity contribution in [3.63, 3.8) is 0 Å². The van der Waals surface area contributed by atoms with E-state index < -0.39 is 8.32 Å². The Labute approximate surface area is 218 Å². The van der Waals surface area contributed by atoms with E-state index in [1.807, 2.05) is 24.3 Å². The van der Waals surface area contributed by atoms with Crippen molar-refractivity contribution in [2.24, 2.45) is 0 Å². The molecule has 200 valence electrons. The summed E-state index contributed by atoms with van der Waals surface area (Å²) in [7, 11) is 0.887. The lowest BCUT2D eigenvalue weighted by molar-refractivity contribution is -0.134. The molecule has 0 radical (unpaired) electrons. The van der Waals surface area contributed by atoms with Gasteiger partial charge < -0.3 is 23.4 Å². The number of methoxy groups -OCH3 is 2. The number of rotatable bonds is 12. The number of benzene rings is 1. The third kappa shape index (κ3) is 9.69. The highest BCUT2D eigenvalue weighted by molar-refractivity contribution is 6.74. The maximum atomic E-state index is 11.7. The molecule has 0 bridgehead atoms. The molecule has 0 aliphatic carbocycles. The Morgan fingerprint density at radius 2 is 1.89 bits per heavy atom. The summed E-state index contributed by atoms with van der Waals surface area (Å²) in [6.45, 7) is 14.3. The Hall–Kier alpha value is -2.19. The molecule has 2 rings (SSSR count). The number of esters is 1. The summed E-state index contributed by atoms with van der Waals surface area (Å²) < 4.78 is 29.3. The third-order valence-corrected chi connectivity index (χ3v) is 11.3. The average molecular weight is 517 g/mol. The molecule has 3 unspecified atom stereocenters. The first-order valence-electron chi connectivity index (χ1n) is 12.6. The van der Waals surface area contributed by atoms with Gasteiger partial charge in [-0.2, -0.15) is 0 Å². The second-order valence-corrected chi connectivity index (χ2v) is 15.5. The van der Waals surface area contributed by atoms with E-state index in [9.17, 15) is 4.79 Å². The topological polar surface area (TPSA) is 63.2 Å². The van der Waals surface area contributed by atoms with Crippen LogP contribution in [0, 0.1) is 0 Å². The fourth-order valence-electron chi connectivity index (χ4n) is 3.48. The Morgan fingerprint density at radius 1 is 1.19 bits per heavy atom. The first-order valence-corrected chi connectivity index (χ1v) is 15.5. The molecular formula is C29H44O6Si. The summed E-state index contributed by atoms with van der Waals surface area (Å²) in [4.78, 5) is 11.7. The number of hydrogen-bond acceptors (Lipinski definition) is 6. The summed E-state index contributed by atoms with van der Waals surface area (Å²) in [5, 5.41) is 0.0299. The zero-order valence-corrected chi connectivity index (χ0v) is 24.2. The first kappa shape index (κ1) is 30.0. The molecule has 0 N–H and O–H groups in total. The molecule has 0 amide bonds. The van der Waals surface area contributed by atoms with Gasteiger partial charge >= 0.3 is 5.97 Å². The van der Waals surface area contributed by atoms with Crippen LogP contribution in [0.2, 0.25) is 18.1 Å². The van der Waals surface area contributed by atoms with Crippen LogP contribution in [0.25, 0.3) is 0 Å². The van der Waals surface area contributed by atoms with Crippen molar-refractivity contribution in [1.82, 2.24) is 0 Å². The zero-order chi connectivity index (χ0) is 26.8. The minimum Gasteiger partial charge on any atom is -0.497 e. The molecule has 7 heteroatoms. The van der Waals surface area contributed by atoms with Crippen molar-refractivity contribution >= 4 is 14.3 Å². The molecule has 1 aliphatic heterocycles. The van der Waals surface area contributed by atoms with Crippen LogP contribution in [0.1, 0.15) is 46.1 Å². The molecule has 3 atom stereocenters. The van der Waals surface area contributed by atoms with Crippen LogP contribution in [0.15, 0.2) is 60.2 Å². The highest BCUT2D eigenvalue weighted by Crippen LogP contribution is 2.38. The van der Waals surface area contributed by atoms with Gasteiger partial charge in [-0.25, -0.2) is 4.79 Å². The number of carbonyl (C=O) groups excluding carboxylic acids is 1. The molecule has 1 aliphatic rings. The van der Waals surface area contributed by atoms with E-state index in [1.54, 1.807) is 13.2 Å². The smallest absolute Gasteiger partial charge is 0.330 e. The van der Waals surface area contributed by atoms with Crippen LogP contribution in [0.4, 0.5) is 0 Å². The van der Waals surface area contributed by atoms with Gasteiger partial charge in [0.2, 0.25) is 0 Å². The molecule has 1 aromatic rings. The Balaban J connectivity index is 2.31. The van der Waals surface area contributed by atoms with Crippen molar-refractivity contribution < 1.29 is 28.2 Å². The quantitative estimate of drug-likeness (QED) is 0.139. The lowest BCUT2D eigenvalue weighted by atomic mass is 10.0. The van der Waals surface area contributed by atoms with Gasteiger partial charge in [-0.05, 0) is 55.6 Å². The molecule has 1 aromatic carbocycles. The fourth-order valence-corrected chi connectivity index (χ4v) is 4.74. The van der Waals surface area contributed by atoms with E-state index in [-0.39, 0.29) is 29.3 Å². The van der Waals surface area contributed by atoms with Crippen LogP contribution < -0.4 is 4.74 Å². The fraction of sp³-hybridized carbons (Fsp3) is 0.552. The molecule has 0 saturated heterocycles. The predicted molar refractivity (Wildman–Crippen MR) is 147 cm³/mol. The molecule has 1 heterocycles. The SMILES string of the molecule is COC(=O)C=CCC(OCc1ccc(OC)cc1)C(C=CC1CC(C)=CCO1)O[Si](C)(C)C(C)(C)C. The van der Waals surface area contributed by atoms with Gasteiger partial charge in [-0.3, -0.25) is 0 Å². The second kappa shape index (κ2) is 13.9. The maximum Gasteiger partial charge on any atom is 0.330 e. The number of ether oxygens (including phenoxy) is 4. The standard InChI is InChI=1S/C29H44O6Si/c1-22-18-19-33-25(20-22)16-17-27(35-36(7,8)29(2,3)4)26(10-9-11-28(30)32-6)34-21-23-12-14-24(31-5)15-13-23/h9,11-18,25-27H,10,19-21H2,1-8H3. The lowest BCUT2D eigenvalue weighted by Crippen LogP contribution is -2.47. The normalized spacial score (nSPS) is 18.8. The Morgan fingerprint density at radius 3 is 2.47 bits per heavy atom. The summed E-state index contributed by atoms with van der Waals surface area (Å²) in [5.41, 5.74) is 2.36. The van der Waals surface area contributed by atoms with E-state index in [0.29, 0.717) is 19.6 Å². The van der Waals surface area contributed by atoms with E-state index in [0.717, 1.165) is 17.7 Å². The zero-order valence-electron chi connectivity index (χ0n) is 23.2. The van der Waals surface area contributed by atoms with Crippen LogP contribution in [0.5, 0.6) is 5.75 Å². The molecule has 0 aromatic heterocycles. The first-order chi connectivity index (χ1) is 16.9. The van der Waals surface area contributed by atoms with Crippen molar-refractivity contribution in [2.75, 3.05) is 20.8 Å². The largest absolute Gasteiger partial charge is 0.497 e. The van der Waals surface area contributed by atoms with Gasteiger partial charge in [-0.15, -0.1) is 0 Å². The maximum absolute atomic E-state index is 11.7. The summed E-state index contributed by atoms with van der Waals surface area (Å²) >= 11 is 0. The Bertz CT molecular complexity index is 911. The molecular weight excluding hydrogens is 472 g/mol. The summed E-state index contributed by atoms with van der Waals surface area (Å²) in [6, 6.07) is 7.82. The van der Waals surface area contributed by atoms with Gasteiger partial charge in [0.1, 0.15) is 5.75 Å². The summed E-state index contributed by atoms with van der Waals surface area (Å²) in [6.07, 6.45) is 10.3. The molecule has 0 saturated carbocycles. The lowest BCUT2D eigenvalue weighted by Gasteiger charge is -2.40. The molecule has 6 nitrogen and oxygen atoms in total. The highest BCUT2D eigenvalue weighted by Gasteiger charge is 2.40. The van der Waals surface area contributed by atoms with Gasteiger partial charge in [-0.1, -0.05) is 62.8 Å². The molecule has 36 heavy (non-hydrogen) atoms. The van der Waals surface area contributed by atoms with Crippen molar-refractivity contribution in [3.8, 4) is 5.75 Å². The van der Waals surface area contributed by atoms with Gasteiger partial charge in [0.25, 0.3) is 0 Å². The number of hydrogen-bond donors (Lipinski definition) is 0. The average Bonchev–Trinajstić information content (AvgIpc) is 2.83. The van der Waals surface area contributed by atoms with Gasteiger partial charge in [0.05, 0.1) is 45.7 Å². The molecule has 0 spiro atoms. The van der Waals surface area contributed by atoms with Gasteiger partial charge in [0, 0.05) is 6.08 Å². The van der Waals surface area contributed by atoms with E-state index >= 15 is 0 Å². The number of carbonyl (C=O) groups is 1. The molecule has 0 fully saturated rings. The Kier molecular flexibility index (Phi) is 11.6. The van der Waals surface area contributed by atoms with Crippen LogP contribution in [0.3, 0.4) is 0 Å². The van der Waals surface area contributed by atoms with Crippen LogP contribution in [-0.4, -0.2) is 53.4 Å². The van der Waals surface area contributed by atoms with E-state index in [4.69, 9.17) is 23.4 Å². The van der Waals surface area contributed by atoms with Crippen LogP contribution >= 0.6 is 0 Å².